The summed E-state index contributed by atoms with van der Waals surface area (Å²) in [5.74, 6) is 0.144. The maximum Gasteiger partial charge on any atom is 0.227 e. The Morgan fingerprint density at radius 3 is 2.58 bits per heavy atom. The van der Waals surface area contributed by atoms with Gasteiger partial charge >= 0.3 is 0 Å². The van der Waals surface area contributed by atoms with Gasteiger partial charge in [0.1, 0.15) is 6.10 Å². The average Bonchev–Trinajstić information content (AvgIpc) is 2.81. The quantitative estimate of drug-likeness (QED) is 0.870. The molecule has 0 saturated carbocycles. The molecule has 3 rings (SSSR count). The number of aryl methyl sites for hydroxylation is 2. The summed E-state index contributed by atoms with van der Waals surface area (Å²) in [4.78, 5) is 14.8. The van der Waals surface area contributed by atoms with Gasteiger partial charge in [0.25, 0.3) is 0 Å². The highest BCUT2D eigenvalue weighted by Gasteiger charge is 2.30. The van der Waals surface area contributed by atoms with Gasteiger partial charge in [-0.25, -0.2) is 0 Å². The Morgan fingerprint density at radius 1 is 1.25 bits per heavy atom. The van der Waals surface area contributed by atoms with Crippen molar-refractivity contribution in [1.29, 1.82) is 0 Å². The molecule has 128 valence electrons. The molecule has 2 atom stereocenters. The molecule has 0 bridgehead atoms. The summed E-state index contributed by atoms with van der Waals surface area (Å²) >= 11 is 0. The Labute approximate surface area is 143 Å². The molecule has 2 aromatic rings. The predicted octanol–water partition coefficient (Wildman–Crippen LogP) is 2.57. The Kier molecular flexibility index (Phi) is 4.71. The maximum absolute atomic E-state index is 12.8. The summed E-state index contributed by atoms with van der Waals surface area (Å²) in [5, 5.41) is 4.41. The number of carbonyl (C=O) groups excluding carboxylic acids is 1. The Morgan fingerprint density at radius 2 is 1.96 bits per heavy atom. The lowest BCUT2D eigenvalue weighted by atomic mass is 10.0. The van der Waals surface area contributed by atoms with E-state index in [-0.39, 0.29) is 18.1 Å². The van der Waals surface area contributed by atoms with Crippen LogP contribution in [0.4, 0.5) is 0 Å². The molecule has 5 heteroatoms. The summed E-state index contributed by atoms with van der Waals surface area (Å²) in [6.07, 6.45) is 0.374. The van der Waals surface area contributed by atoms with Crippen LogP contribution < -0.4 is 0 Å². The molecule has 24 heavy (non-hydrogen) atoms. The molecule has 1 saturated heterocycles. The van der Waals surface area contributed by atoms with Gasteiger partial charge < -0.3 is 9.64 Å². The monoisotopic (exact) mass is 327 g/mol. The molecule has 0 N–H and O–H groups in total. The van der Waals surface area contributed by atoms with E-state index in [1.165, 1.54) is 0 Å². The number of hydrogen-bond acceptors (Lipinski definition) is 3. The minimum atomic E-state index is -0.0602. The van der Waals surface area contributed by atoms with Gasteiger partial charge in [0.15, 0.2) is 0 Å². The number of amides is 1. The van der Waals surface area contributed by atoms with Crippen molar-refractivity contribution in [2.45, 2.75) is 39.4 Å². The van der Waals surface area contributed by atoms with E-state index >= 15 is 0 Å². The lowest BCUT2D eigenvalue weighted by Gasteiger charge is -2.37. The van der Waals surface area contributed by atoms with Gasteiger partial charge in [-0.1, -0.05) is 30.3 Å². The van der Waals surface area contributed by atoms with Crippen molar-refractivity contribution < 1.29 is 9.53 Å². The molecule has 5 nitrogen and oxygen atoms in total. The molecular formula is C19H25N3O2. The number of hydrogen-bond donors (Lipinski definition) is 0. The van der Waals surface area contributed by atoms with Crippen molar-refractivity contribution in [2.24, 2.45) is 7.05 Å². The summed E-state index contributed by atoms with van der Waals surface area (Å²) in [7, 11) is 1.92. The second-order valence-corrected chi connectivity index (χ2v) is 6.59. The molecule has 0 aliphatic carbocycles. The molecule has 1 aromatic carbocycles. The van der Waals surface area contributed by atoms with Crippen molar-refractivity contribution >= 4 is 5.91 Å². The highest BCUT2D eigenvalue weighted by Crippen LogP contribution is 2.26. The average molecular weight is 327 g/mol. The van der Waals surface area contributed by atoms with Crippen molar-refractivity contribution in [1.82, 2.24) is 14.7 Å². The second-order valence-electron chi connectivity index (χ2n) is 6.59. The van der Waals surface area contributed by atoms with Crippen LogP contribution in [0.15, 0.2) is 30.3 Å². The number of carbonyl (C=O) groups is 1. The van der Waals surface area contributed by atoms with Crippen LogP contribution in [0, 0.1) is 13.8 Å². The summed E-state index contributed by atoms with van der Waals surface area (Å²) in [6.45, 7) is 7.24. The number of aromatic nitrogens is 2. The zero-order chi connectivity index (χ0) is 17.3. The first-order valence-electron chi connectivity index (χ1n) is 8.43. The van der Waals surface area contributed by atoms with Crippen LogP contribution in [0.3, 0.4) is 0 Å². The number of benzene rings is 1. The van der Waals surface area contributed by atoms with Gasteiger partial charge in [0.05, 0.1) is 24.8 Å². The Hall–Kier alpha value is -2.14. The molecule has 0 radical (unpaired) electrons. The lowest BCUT2D eigenvalue weighted by Crippen LogP contribution is -2.46. The standard InChI is InChI=1S/C19H25N3O2/c1-13-11-22(12-18(24-13)16-8-6-5-7-9-16)19(23)10-17-14(2)20-21(4)15(17)3/h5-9,13,18H,10-12H2,1-4H3/t13-,18-/m0/s1. The van der Waals surface area contributed by atoms with Crippen LogP contribution in [-0.2, 0) is 23.0 Å². The zero-order valence-corrected chi connectivity index (χ0v) is 14.8. The van der Waals surface area contributed by atoms with Crippen molar-refractivity contribution in [3.05, 3.63) is 52.8 Å². The first kappa shape index (κ1) is 16.7. The molecule has 1 aliphatic heterocycles. The largest absolute Gasteiger partial charge is 0.367 e. The molecule has 0 unspecified atom stereocenters. The number of morpholine rings is 1. The third-order valence-electron chi connectivity index (χ3n) is 4.77. The van der Waals surface area contributed by atoms with Gasteiger partial charge in [-0.05, 0) is 26.3 Å². The van der Waals surface area contributed by atoms with E-state index < -0.39 is 0 Å². The summed E-state index contributed by atoms with van der Waals surface area (Å²) in [6, 6.07) is 10.1. The molecule has 1 fully saturated rings. The summed E-state index contributed by atoms with van der Waals surface area (Å²) in [5.41, 5.74) is 4.15. The minimum Gasteiger partial charge on any atom is -0.367 e. The minimum absolute atomic E-state index is 0.0315. The smallest absolute Gasteiger partial charge is 0.227 e. The first-order valence-corrected chi connectivity index (χ1v) is 8.43. The SMILES string of the molecule is Cc1nn(C)c(C)c1CC(=O)N1C[C@@H](c2ccccc2)O[C@@H](C)C1. The highest BCUT2D eigenvalue weighted by molar-refractivity contribution is 5.79. The van der Waals surface area contributed by atoms with Crippen molar-refractivity contribution in [2.75, 3.05) is 13.1 Å². The normalized spacial score (nSPS) is 21.1. The summed E-state index contributed by atoms with van der Waals surface area (Å²) < 4.78 is 7.88. The van der Waals surface area contributed by atoms with E-state index in [1.807, 2.05) is 55.6 Å². The third kappa shape index (κ3) is 3.36. The van der Waals surface area contributed by atoms with Gasteiger partial charge in [-0.3, -0.25) is 9.48 Å². The Bertz CT molecular complexity index is 724. The van der Waals surface area contributed by atoms with Gasteiger partial charge in [0, 0.05) is 24.8 Å². The maximum atomic E-state index is 12.8. The number of nitrogens with zero attached hydrogens (tertiary/aromatic N) is 3. The van der Waals surface area contributed by atoms with Crippen LogP contribution in [0.25, 0.3) is 0 Å². The molecule has 1 aliphatic rings. The molecule has 1 amide bonds. The van der Waals surface area contributed by atoms with Gasteiger partial charge in [-0.2, -0.15) is 5.10 Å². The van der Waals surface area contributed by atoms with E-state index in [4.69, 9.17) is 4.74 Å². The fraction of sp³-hybridized carbons (Fsp3) is 0.474. The lowest BCUT2D eigenvalue weighted by molar-refractivity contribution is -0.144. The molecule has 1 aromatic heterocycles. The van der Waals surface area contributed by atoms with Crippen LogP contribution in [-0.4, -0.2) is 39.8 Å². The van der Waals surface area contributed by atoms with Crippen LogP contribution >= 0.6 is 0 Å². The molecular weight excluding hydrogens is 302 g/mol. The van der Waals surface area contributed by atoms with Gasteiger partial charge in [-0.15, -0.1) is 0 Å². The van der Waals surface area contributed by atoms with Crippen LogP contribution in [0.1, 0.15) is 35.5 Å². The van der Waals surface area contributed by atoms with Crippen LogP contribution in [0.2, 0.25) is 0 Å². The van der Waals surface area contributed by atoms with E-state index in [0.29, 0.717) is 19.5 Å². The topological polar surface area (TPSA) is 47.4 Å². The fourth-order valence-corrected chi connectivity index (χ4v) is 3.34. The van der Waals surface area contributed by atoms with Gasteiger partial charge in [0.2, 0.25) is 5.91 Å². The van der Waals surface area contributed by atoms with Crippen molar-refractivity contribution in [3.63, 3.8) is 0 Å². The van der Waals surface area contributed by atoms with E-state index in [1.54, 1.807) is 0 Å². The predicted molar refractivity (Wildman–Crippen MR) is 92.7 cm³/mol. The number of rotatable bonds is 3. The van der Waals surface area contributed by atoms with E-state index in [9.17, 15) is 4.79 Å². The Balaban J connectivity index is 1.74. The third-order valence-corrected chi connectivity index (χ3v) is 4.77. The van der Waals surface area contributed by atoms with E-state index in [2.05, 4.69) is 17.2 Å². The second kappa shape index (κ2) is 6.77. The van der Waals surface area contributed by atoms with E-state index in [0.717, 1.165) is 22.5 Å². The number of ether oxygens (including phenoxy) is 1. The highest BCUT2D eigenvalue weighted by atomic mass is 16.5. The first-order chi connectivity index (χ1) is 11.5. The van der Waals surface area contributed by atoms with Crippen LogP contribution in [0.5, 0.6) is 0 Å². The van der Waals surface area contributed by atoms with Crippen molar-refractivity contribution in [3.8, 4) is 0 Å². The molecule has 0 spiro atoms. The zero-order valence-electron chi connectivity index (χ0n) is 14.8. The molecule has 2 heterocycles. The fourth-order valence-electron chi connectivity index (χ4n) is 3.34.